The maximum Gasteiger partial charge on any atom is 0.253 e. The van der Waals surface area contributed by atoms with Crippen molar-refractivity contribution >= 4 is 17.6 Å². The molecule has 130 valence electrons. The number of nitrogens with two attached hydrogens (primary N) is 1. The molecular weight excluding hydrogens is 318 g/mol. The summed E-state index contributed by atoms with van der Waals surface area (Å²) in [6.45, 7) is 2.73. The van der Waals surface area contributed by atoms with E-state index in [2.05, 4.69) is 15.3 Å². The van der Waals surface area contributed by atoms with E-state index in [1.807, 2.05) is 18.2 Å². The van der Waals surface area contributed by atoms with Crippen molar-refractivity contribution in [2.24, 2.45) is 0 Å². The fourth-order valence-electron chi connectivity index (χ4n) is 3.05. The van der Waals surface area contributed by atoms with Gasteiger partial charge in [0.1, 0.15) is 5.82 Å². The fraction of sp³-hybridized carbons (Fsp3) is 0.333. The van der Waals surface area contributed by atoms with E-state index >= 15 is 0 Å². The Bertz CT molecular complexity index is 775. The summed E-state index contributed by atoms with van der Waals surface area (Å²) in [5.74, 6) is 0.247. The highest BCUT2D eigenvalue weighted by Gasteiger charge is 2.25. The topological polar surface area (TPSA) is 101 Å². The van der Waals surface area contributed by atoms with Gasteiger partial charge in [-0.2, -0.15) is 0 Å². The lowest BCUT2D eigenvalue weighted by Crippen LogP contribution is -2.49. The predicted molar refractivity (Wildman–Crippen MR) is 94.6 cm³/mol. The number of nitrogens with one attached hydrogen (secondary N) is 1. The monoisotopic (exact) mass is 339 g/mol. The molecule has 1 saturated heterocycles. The molecule has 1 aromatic carbocycles. The Hall–Kier alpha value is -2.96. The molecule has 2 heterocycles. The first-order valence-electron chi connectivity index (χ1n) is 8.27. The van der Waals surface area contributed by atoms with Gasteiger partial charge in [-0.1, -0.05) is 12.1 Å². The van der Waals surface area contributed by atoms with Crippen LogP contribution >= 0.6 is 0 Å². The molecule has 1 atom stereocenters. The number of likely N-dealkylation sites (tertiary alicyclic amines) is 1. The first-order valence-corrected chi connectivity index (χ1v) is 8.27. The Labute approximate surface area is 146 Å². The van der Waals surface area contributed by atoms with Crippen molar-refractivity contribution in [1.82, 2.24) is 20.2 Å². The number of piperidine rings is 1. The summed E-state index contributed by atoms with van der Waals surface area (Å²) in [5.41, 5.74) is 7.64. The summed E-state index contributed by atoms with van der Waals surface area (Å²) in [4.78, 5) is 34.1. The smallest absolute Gasteiger partial charge is 0.253 e. The molecule has 3 N–H and O–H groups in total. The minimum absolute atomic E-state index is 0.0151. The van der Waals surface area contributed by atoms with Gasteiger partial charge in [-0.25, -0.2) is 4.98 Å². The van der Waals surface area contributed by atoms with Gasteiger partial charge in [-0.3, -0.25) is 14.6 Å². The number of hydrogen-bond donors (Lipinski definition) is 2. The third-order valence-electron chi connectivity index (χ3n) is 4.19. The summed E-state index contributed by atoms with van der Waals surface area (Å²) in [6.07, 6.45) is 4.85. The third-order valence-corrected chi connectivity index (χ3v) is 4.19. The van der Waals surface area contributed by atoms with Crippen LogP contribution in [-0.4, -0.2) is 45.8 Å². The summed E-state index contributed by atoms with van der Waals surface area (Å²) in [6, 6.07) is 7.33. The Morgan fingerprint density at radius 3 is 2.84 bits per heavy atom. The summed E-state index contributed by atoms with van der Waals surface area (Å²) < 4.78 is 0. The zero-order valence-electron chi connectivity index (χ0n) is 14.1. The van der Waals surface area contributed by atoms with Crippen LogP contribution in [0.4, 0.5) is 5.82 Å². The van der Waals surface area contributed by atoms with E-state index in [0.29, 0.717) is 30.2 Å². The highest BCUT2D eigenvalue weighted by molar-refractivity contribution is 5.95. The van der Waals surface area contributed by atoms with E-state index in [-0.39, 0.29) is 17.9 Å². The van der Waals surface area contributed by atoms with Gasteiger partial charge in [-0.05, 0) is 25.0 Å². The molecule has 1 fully saturated rings. The lowest BCUT2D eigenvalue weighted by atomic mass is 10.0. The van der Waals surface area contributed by atoms with Crippen molar-refractivity contribution in [2.45, 2.75) is 25.8 Å². The van der Waals surface area contributed by atoms with Gasteiger partial charge in [0.15, 0.2) is 0 Å². The Morgan fingerprint density at radius 2 is 2.12 bits per heavy atom. The average molecular weight is 339 g/mol. The zero-order chi connectivity index (χ0) is 17.8. The zero-order valence-corrected chi connectivity index (χ0v) is 14.1. The lowest BCUT2D eigenvalue weighted by Gasteiger charge is -2.33. The second-order valence-corrected chi connectivity index (χ2v) is 6.20. The molecule has 1 aromatic heterocycles. The van der Waals surface area contributed by atoms with Gasteiger partial charge in [-0.15, -0.1) is 0 Å². The largest absolute Gasteiger partial charge is 0.382 e. The van der Waals surface area contributed by atoms with Gasteiger partial charge in [0.25, 0.3) is 5.91 Å². The maximum absolute atomic E-state index is 12.8. The van der Waals surface area contributed by atoms with E-state index < -0.39 is 0 Å². The van der Waals surface area contributed by atoms with Crippen molar-refractivity contribution in [1.29, 1.82) is 0 Å². The lowest BCUT2D eigenvalue weighted by molar-refractivity contribution is -0.120. The normalized spacial score (nSPS) is 17.2. The molecule has 2 amide bonds. The number of carbonyl (C=O) groups excluding carboxylic acids is 2. The molecule has 0 radical (unpaired) electrons. The molecule has 1 aliphatic heterocycles. The molecule has 0 saturated carbocycles. The molecule has 0 bridgehead atoms. The van der Waals surface area contributed by atoms with Gasteiger partial charge in [0.2, 0.25) is 5.91 Å². The highest BCUT2D eigenvalue weighted by atomic mass is 16.2. The van der Waals surface area contributed by atoms with Crippen LogP contribution in [0, 0.1) is 0 Å². The molecule has 1 unspecified atom stereocenters. The second kappa shape index (κ2) is 7.29. The average Bonchev–Trinajstić information content (AvgIpc) is 2.61. The number of nitrogens with zero attached hydrogens (tertiary/aromatic N) is 3. The molecule has 1 aliphatic rings. The van der Waals surface area contributed by atoms with Crippen LogP contribution in [-0.2, 0) is 4.79 Å². The number of aromatic nitrogens is 2. The van der Waals surface area contributed by atoms with Crippen LogP contribution in [0.1, 0.15) is 30.1 Å². The van der Waals surface area contributed by atoms with Crippen LogP contribution in [0.3, 0.4) is 0 Å². The molecule has 7 heteroatoms. The van der Waals surface area contributed by atoms with Gasteiger partial charge in [0, 0.05) is 37.2 Å². The Balaban J connectivity index is 1.77. The first-order chi connectivity index (χ1) is 12.0. The molecule has 0 spiro atoms. The predicted octanol–water partition coefficient (Wildman–Crippen LogP) is 1.47. The van der Waals surface area contributed by atoms with Crippen LogP contribution in [0.25, 0.3) is 11.3 Å². The van der Waals surface area contributed by atoms with Crippen molar-refractivity contribution in [3.8, 4) is 11.3 Å². The number of anilines is 1. The number of rotatable bonds is 3. The number of hydrogen-bond acceptors (Lipinski definition) is 5. The number of benzene rings is 1. The number of carbonyl (C=O) groups is 2. The summed E-state index contributed by atoms with van der Waals surface area (Å²) in [7, 11) is 0. The van der Waals surface area contributed by atoms with Crippen molar-refractivity contribution in [2.75, 3.05) is 18.8 Å². The minimum atomic E-state index is -0.0665. The SMILES string of the molecule is CC(=O)NC1CCCN(C(=O)c2cccc(-c3cnc(N)cn3)c2)C1. The first kappa shape index (κ1) is 16.9. The highest BCUT2D eigenvalue weighted by Crippen LogP contribution is 2.20. The molecular formula is C18H21N5O2. The third kappa shape index (κ3) is 4.12. The summed E-state index contributed by atoms with van der Waals surface area (Å²) >= 11 is 0. The standard InChI is InChI=1S/C18H21N5O2/c1-12(24)22-15-6-3-7-23(11-15)18(25)14-5-2-4-13(8-14)16-9-21-17(19)10-20-16/h2,4-5,8-10,15H,3,6-7,11H2,1H3,(H2,19,21)(H,22,24). The molecule has 7 nitrogen and oxygen atoms in total. The van der Waals surface area contributed by atoms with Crippen LogP contribution in [0.15, 0.2) is 36.7 Å². The molecule has 25 heavy (non-hydrogen) atoms. The molecule has 0 aliphatic carbocycles. The van der Waals surface area contributed by atoms with Crippen molar-refractivity contribution in [3.05, 3.63) is 42.2 Å². The Kier molecular flexibility index (Phi) is 4.92. The van der Waals surface area contributed by atoms with Crippen LogP contribution in [0.5, 0.6) is 0 Å². The molecule has 3 rings (SSSR count). The molecule has 2 aromatic rings. The van der Waals surface area contributed by atoms with E-state index in [1.54, 1.807) is 17.2 Å². The van der Waals surface area contributed by atoms with Crippen LogP contribution in [0.2, 0.25) is 0 Å². The van der Waals surface area contributed by atoms with E-state index in [9.17, 15) is 9.59 Å². The van der Waals surface area contributed by atoms with E-state index in [1.165, 1.54) is 13.1 Å². The number of amides is 2. The quantitative estimate of drug-likeness (QED) is 0.882. The van der Waals surface area contributed by atoms with Crippen LogP contribution < -0.4 is 11.1 Å². The minimum Gasteiger partial charge on any atom is -0.382 e. The van der Waals surface area contributed by atoms with Crippen molar-refractivity contribution < 1.29 is 9.59 Å². The van der Waals surface area contributed by atoms with Crippen molar-refractivity contribution in [3.63, 3.8) is 0 Å². The second-order valence-electron chi connectivity index (χ2n) is 6.20. The van der Waals surface area contributed by atoms with Gasteiger partial charge >= 0.3 is 0 Å². The van der Waals surface area contributed by atoms with Gasteiger partial charge in [0.05, 0.1) is 18.1 Å². The number of nitrogen functional groups attached to an aromatic ring is 1. The summed E-state index contributed by atoms with van der Waals surface area (Å²) in [5, 5.41) is 2.90. The van der Waals surface area contributed by atoms with Gasteiger partial charge < -0.3 is 16.0 Å². The Morgan fingerprint density at radius 1 is 1.28 bits per heavy atom. The maximum atomic E-state index is 12.8. The fourth-order valence-corrected chi connectivity index (χ4v) is 3.05. The van der Waals surface area contributed by atoms with E-state index in [4.69, 9.17) is 5.73 Å². The van der Waals surface area contributed by atoms with E-state index in [0.717, 1.165) is 18.4 Å².